The average Bonchev–Trinajstić information content (AvgIpc) is 3.40. The molecule has 0 unspecified atom stereocenters. The summed E-state index contributed by atoms with van der Waals surface area (Å²) in [4.78, 5) is 31.9. The first-order valence-electron chi connectivity index (χ1n) is 13.6. The summed E-state index contributed by atoms with van der Waals surface area (Å²) in [5.74, 6) is 1.41. The molecule has 0 bridgehead atoms. The van der Waals surface area contributed by atoms with Gasteiger partial charge in [0, 0.05) is 28.7 Å². The van der Waals surface area contributed by atoms with Gasteiger partial charge in [0.05, 0.1) is 6.04 Å². The van der Waals surface area contributed by atoms with Crippen molar-refractivity contribution in [2.45, 2.75) is 52.5 Å². The van der Waals surface area contributed by atoms with Crippen molar-refractivity contribution in [3.63, 3.8) is 0 Å². The Labute approximate surface area is 240 Å². The van der Waals surface area contributed by atoms with E-state index < -0.39 is 0 Å². The van der Waals surface area contributed by atoms with Gasteiger partial charge < -0.3 is 19.9 Å². The van der Waals surface area contributed by atoms with E-state index >= 15 is 0 Å². The van der Waals surface area contributed by atoms with Crippen molar-refractivity contribution in [3.05, 3.63) is 81.0 Å². The van der Waals surface area contributed by atoms with Crippen LogP contribution in [0.15, 0.2) is 60.0 Å². The zero-order valence-corrected chi connectivity index (χ0v) is 24.7. The van der Waals surface area contributed by atoms with Crippen LogP contribution in [0.2, 0.25) is 5.02 Å². The molecule has 6 nitrogen and oxygen atoms in total. The van der Waals surface area contributed by atoms with Crippen molar-refractivity contribution in [2.24, 2.45) is 5.92 Å². The SMILES string of the molecule is CC[C@H](C)CN(CC(=O)N1CCc2sccc2[C@H]1COc1ccc(C(C)C)cc1)C(=O)Nc1cccc(Cl)c1. The average molecular weight is 568 g/mol. The van der Waals surface area contributed by atoms with Crippen molar-refractivity contribution >= 4 is 40.6 Å². The maximum atomic E-state index is 13.8. The fraction of sp³-hybridized carbons (Fsp3) is 0.419. The van der Waals surface area contributed by atoms with Crippen molar-refractivity contribution in [1.82, 2.24) is 9.80 Å². The first-order chi connectivity index (χ1) is 18.7. The summed E-state index contributed by atoms with van der Waals surface area (Å²) in [5.41, 5.74) is 2.99. The maximum absolute atomic E-state index is 13.8. The van der Waals surface area contributed by atoms with Crippen molar-refractivity contribution < 1.29 is 14.3 Å². The Morgan fingerprint density at radius 3 is 2.62 bits per heavy atom. The fourth-order valence-corrected chi connectivity index (χ4v) is 5.86. The number of carbonyl (C=O) groups is 2. The van der Waals surface area contributed by atoms with Crippen LogP contribution in [0.4, 0.5) is 10.5 Å². The van der Waals surface area contributed by atoms with Crippen molar-refractivity contribution in [3.8, 4) is 5.75 Å². The molecule has 3 aromatic rings. The lowest BCUT2D eigenvalue weighted by molar-refractivity contribution is -0.135. The molecule has 3 amide bonds. The van der Waals surface area contributed by atoms with Gasteiger partial charge in [-0.05, 0) is 71.2 Å². The molecule has 0 saturated carbocycles. The number of amides is 3. The van der Waals surface area contributed by atoms with Gasteiger partial charge in [-0.3, -0.25) is 4.79 Å². The van der Waals surface area contributed by atoms with E-state index in [-0.39, 0.29) is 30.4 Å². The minimum Gasteiger partial charge on any atom is -0.491 e. The molecule has 0 aliphatic carbocycles. The van der Waals surface area contributed by atoms with Crippen LogP contribution in [-0.2, 0) is 11.2 Å². The summed E-state index contributed by atoms with van der Waals surface area (Å²) < 4.78 is 6.22. The van der Waals surface area contributed by atoms with Crippen LogP contribution in [0.1, 0.15) is 62.1 Å². The highest BCUT2D eigenvalue weighted by Crippen LogP contribution is 2.34. The smallest absolute Gasteiger partial charge is 0.322 e. The number of ether oxygens (including phenoxy) is 1. The predicted molar refractivity (Wildman–Crippen MR) is 160 cm³/mol. The zero-order valence-electron chi connectivity index (χ0n) is 23.2. The molecule has 0 saturated heterocycles. The largest absolute Gasteiger partial charge is 0.491 e. The Hall–Kier alpha value is -3.03. The van der Waals surface area contributed by atoms with Gasteiger partial charge in [0.25, 0.3) is 0 Å². The van der Waals surface area contributed by atoms with Gasteiger partial charge in [0.15, 0.2) is 0 Å². The summed E-state index contributed by atoms with van der Waals surface area (Å²) >= 11 is 7.83. The van der Waals surface area contributed by atoms with Crippen LogP contribution in [-0.4, -0.2) is 48.0 Å². The molecule has 0 radical (unpaired) electrons. The third kappa shape index (κ3) is 7.55. The van der Waals surface area contributed by atoms with Gasteiger partial charge in [-0.15, -0.1) is 11.3 Å². The van der Waals surface area contributed by atoms with Crippen molar-refractivity contribution in [1.29, 1.82) is 0 Å². The molecular formula is C31H38ClN3O3S. The number of hydrogen-bond donors (Lipinski definition) is 1. The number of benzene rings is 2. The summed E-state index contributed by atoms with van der Waals surface area (Å²) in [5, 5.41) is 5.53. The summed E-state index contributed by atoms with van der Waals surface area (Å²) in [6.45, 7) is 9.94. The Morgan fingerprint density at radius 2 is 1.92 bits per heavy atom. The number of nitrogens with one attached hydrogen (secondary N) is 1. The lowest BCUT2D eigenvalue weighted by atomic mass is 10.00. The molecular weight excluding hydrogens is 530 g/mol. The fourth-order valence-electron chi connectivity index (χ4n) is 4.75. The normalized spacial score (nSPS) is 15.5. The van der Waals surface area contributed by atoms with E-state index in [1.54, 1.807) is 40.5 Å². The summed E-state index contributed by atoms with van der Waals surface area (Å²) in [6, 6.07) is 16.8. The molecule has 208 valence electrons. The van der Waals surface area contributed by atoms with Crippen LogP contribution < -0.4 is 10.1 Å². The van der Waals surface area contributed by atoms with Crippen LogP contribution in [0.5, 0.6) is 5.75 Å². The highest BCUT2D eigenvalue weighted by Gasteiger charge is 2.33. The summed E-state index contributed by atoms with van der Waals surface area (Å²) in [6.07, 6.45) is 1.71. The molecule has 1 N–H and O–H groups in total. The zero-order chi connectivity index (χ0) is 27.9. The molecule has 2 aromatic carbocycles. The second-order valence-electron chi connectivity index (χ2n) is 10.5. The van der Waals surface area contributed by atoms with E-state index in [0.29, 0.717) is 36.3 Å². The lowest BCUT2D eigenvalue weighted by Gasteiger charge is -2.37. The van der Waals surface area contributed by atoms with E-state index in [1.807, 2.05) is 17.0 Å². The molecule has 2 heterocycles. The first-order valence-corrected chi connectivity index (χ1v) is 14.9. The number of anilines is 1. The standard InChI is InChI=1S/C31H38ClN3O3S/c1-5-22(4)18-34(31(37)33-25-8-6-7-24(32)17-25)19-30(36)35-15-13-29-27(14-16-39-29)28(35)20-38-26-11-9-23(10-12-26)21(2)3/h6-12,14,16-17,21-22,28H,5,13,15,18-20H2,1-4H3,(H,33,37)/t22-,28+/m0/s1. The first kappa shape index (κ1) is 29.0. The van der Waals surface area contributed by atoms with E-state index in [2.05, 4.69) is 56.6 Å². The van der Waals surface area contributed by atoms with Crippen LogP contribution in [0.3, 0.4) is 0 Å². The minimum absolute atomic E-state index is 0.00417. The minimum atomic E-state index is -0.308. The Morgan fingerprint density at radius 1 is 1.15 bits per heavy atom. The number of fused-ring (bicyclic) bond motifs is 1. The number of halogens is 1. The number of rotatable bonds is 10. The van der Waals surface area contributed by atoms with E-state index in [9.17, 15) is 9.59 Å². The monoisotopic (exact) mass is 567 g/mol. The van der Waals surface area contributed by atoms with Crippen LogP contribution in [0.25, 0.3) is 0 Å². The summed E-state index contributed by atoms with van der Waals surface area (Å²) in [7, 11) is 0. The lowest BCUT2D eigenvalue weighted by Crippen LogP contribution is -2.49. The van der Waals surface area contributed by atoms with E-state index in [0.717, 1.165) is 24.2 Å². The molecule has 4 rings (SSSR count). The highest BCUT2D eigenvalue weighted by atomic mass is 35.5. The molecule has 0 spiro atoms. The van der Waals surface area contributed by atoms with Gasteiger partial charge >= 0.3 is 6.03 Å². The molecule has 39 heavy (non-hydrogen) atoms. The second-order valence-corrected chi connectivity index (χ2v) is 12.0. The Kier molecular flexibility index (Phi) is 9.92. The topological polar surface area (TPSA) is 61.9 Å². The molecule has 8 heteroatoms. The highest BCUT2D eigenvalue weighted by molar-refractivity contribution is 7.10. The molecule has 1 aromatic heterocycles. The quantitative estimate of drug-likeness (QED) is 0.274. The predicted octanol–water partition coefficient (Wildman–Crippen LogP) is 7.61. The van der Waals surface area contributed by atoms with E-state index in [4.69, 9.17) is 16.3 Å². The molecule has 1 aliphatic heterocycles. The third-order valence-electron chi connectivity index (χ3n) is 7.29. The number of urea groups is 1. The Balaban J connectivity index is 1.49. The van der Waals surface area contributed by atoms with Gasteiger partial charge in [-0.1, -0.05) is 63.9 Å². The van der Waals surface area contributed by atoms with Crippen molar-refractivity contribution in [2.75, 3.05) is 31.6 Å². The number of thiophene rings is 1. The third-order valence-corrected chi connectivity index (χ3v) is 8.52. The molecule has 2 atom stereocenters. The number of carbonyl (C=O) groups excluding carboxylic acids is 2. The van der Waals surface area contributed by atoms with Gasteiger partial charge in [0.1, 0.15) is 18.9 Å². The van der Waals surface area contributed by atoms with Gasteiger partial charge in [-0.25, -0.2) is 4.79 Å². The number of hydrogen-bond acceptors (Lipinski definition) is 4. The molecule has 0 fully saturated rings. The second kappa shape index (κ2) is 13.4. The number of nitrogens with zero attached hydrogens (tertiary/aromatic N) is 2. The maximum Gasteiger partial charge on any atom is 0.322 e. The van der Waals surface area contributed by atoms with Gasteiger partial charge in [0.2, 0.25) is 5.91 Å². The van der Waals surface area contributed by atoms with Crippen LogP contribution >= 0.6 is 22.9 Å². The van der Waals surface area contributed by atoms with E-state index in [1.165, 1.54) is 10.4 Å². The van der Waals surface area contributed by atoms with Crippen LogP contribution in [0, 0.1) is 5.92 Å². The molecule has 1 aliphatic rings. The van der Waals surface area contributed by atoms with Gasteiger partial charge in [-0.2, -0.15) is 0 Å². The Bertz CT molecular complexity index is 1260.